The molecule has 1 N–H and O–H groups in total. The van der Waals surface area contributed by atoms with Gasteiger partial charge in [-0.3, -0.25) is 10.1 Å². The molecule has 2 aromatic rings. The highest BCUT2D eigenvalue weighted by Gasteiger charge is 2.25. The molecule has 0 heterocycles. The molecular formula is C23H24N2O6. The molecule has 2 aromatic carbocycles. The second kappa shape index (κ2) is 10.8. The van der Waals surface area contributed by atoms with E-state index in [1.165, 1.54) is 18.2 Å². The summed E-state index contributed by atoms with van der Waals surface area (Å²) in [6.45, 7) is 5.13. The van der Waals surface area contributed by atoms with Gasteiger partial charge in [-0.2, -0.15) is 0 Å². The second-order valence-electron chi connectivity index (χ2n) is 7.57. The smallest absolute Gasteiger partial charge is 0.408 e. The molecular weight excluding hydrogens is 400 g/mol. The van der Waals surface area contributed by atoms with Crippen molar-refractivity contribution in [2.45, 2.75) is 45.4 Å². The van der Waals surface area contributed by atoms with Crippen molar-refractivity contribution in [2.75, 3.05) is 0 Å². The number of nitrogens with one attached hydrogen (secondary N) is 1. The molecule has 31 heavy (non-hydrogen) atoms. The molecule has 1 unspecified atom stereocenters. The Morgan fingerprint density at radius 3 is 2.39 bits per heavy atom. The molecule has 0 aliphatic rings. The molecule has 162 valence electrons. The number of ether oxygens (including phenoxy) is 2. The Morgan fingerprint density at radius 2 is 1.74 bits per heavy atom. The SMILES string of the molecule is CC(C)(C)OC(=O)NC(CC#Cc1ccccc1[N+](=O)[O-])C(=O)OCc1ccccc1. The van der Waals surface area contributed by atoms with E-state index in [2.05, 4.69) is 17.2 Å². The fourth-order valence-corrected chi connectivity index (χ4v) is 2.46. The first-order valence-electron chi connectivity index (χ1n) is 9.58. The summed E-state index contributed by atoms with van der Waals surface area (Å²) < 4.78 is 10.5. The minimum absolute atomic E-state index is 0.0315. The fraction of sp³-hybridized carbons (Fsp3) is 0.304. The third-order valence-corrected chi connectivity index (χ3v) is 3.83. The number of para-hydroxylation sites is 1. The van der Waals surface area contributed by atoms with Crippen molar-refractivity contribution in [2.24, 2.45) is 0 Å². The monoisotopic (exact) mass is 424 g/mol. The number of nitrogens with zero attached hydrogens (tertiary/aromatic N) is 1. The van der Waals surface area contributed by atoms with Gasteiger partial charge in [0.2, 0.25) is 0 Å². The second-order valence-corrected chi connectivity index (χ2v) is 7.57. The van der Waals surface area contributed by atoms with Crippen LogP contribution < -0.4 is 5.32 Å². The maximum absolute atomic E-state index is 12.6. The Morgan fingerprint density at radius 1 is 1.10 bits per heavy atom. The summed E-state index contributed by atoms with van der Waals surface area (Å²) in [7, 11) is 0. The summed E-state index contributed by atoms with van der Waals surface area (Å²) in [6.07, 6.45) is -0.902. The molecule has 1 amide bonds. The number of esters is 1. The molecule has 0 aliphatic carbocycles. The van der Waals surface area contributed by atoms with Crippen LogP contribution in [0.4, 0.5) is 10.5 Å². The normalized spacial score (nSPS) is 11.5. The Labute approximate surface area is 180 Å². The van der Waals surface area contributed by atoms with Crippen LogP contribution in [0.3, 0.4) is 0 Å². The van der Waals surface area contributed by atoms with Crippen LogP contribution in [0.15, 0.2) is 54.6 Å². The Bertz CT molecular complexity index is 986. The van der Waals surface area contributed by atoms with E-state index in [1.807, 2.05) is 18.2 Å². The number of nitro benzene ring substituents is 1. The van der Waals surface area contributed by atoms with E-state index in [-0.39, 0.29) is 24.3 Å². The quantitative estimate of drug-likeness (QED) is 0.325. The molecule has 8 nitrogen and oxygen atoms in total. The molecule has 0 fully saturated rings. The lowest BCUT2D eigenvalue weighted by Crippen LogP contribution is -2.44. The maximum atomic E-state index is 12.6. The van der Waals surface area contributed by atoms with E-state index < -0.39 is 28.6 Å². The standard InChI is InChI=1S/C23H24N2O6/c1-23(2,3)31-22(27)24-19(21(26)30-16-17-10-5-4-6-11-17)14-9-13-18-12-7-8-15-20(18)25(28)29/h4-8,10-12,15,19H,14,16H2,1-3H3,(H,24,27). The molecule has 8 heteroatoms. The Hall–Kier alpha value is -3.86. The first-order valence-corrected chi connectivity index (χ1v) is 9.58. The zero-order valence-electron chi connectivity index (χ0n) is 17.6. The highest BCUT2D eigenvalue weighted by molar-refractivity contribution is 5.81. The van der Waals surface area contributed by atoms with Crippen molar-refractivity contribution in [3.8, 4) is 11.8 Å². The summed E-state index contributed by atoms with van der Waals surface area (Å²) in [4.78, 5) is 35.3. The highest BCUT2D eigenvalue weighted by Crippen LogP contribution is 2.16. The van der Waals surface area contributed by atoms with Crippen molar-refractivity contribution in [3.63, 3.8) is 0 Å². The third-order valence-electron chi connectivity index (χ3n) is 3.83. The molecule has 0 bridgehead atoms. The molecule has 0 spiro atoms. The predicted octanol–water partition coefficient (Wildman–Crippen LogP) is 3.97. The summed E-state index contributed by atoms with van der Waals surface area (Å²) in [5, 5.41) is 13.6. The van der Waals surface area contributed by atoms with Crippen molar-refractivity contribution < 1.29 is 24.0 Å². The number of carbonyl (C=O) groups is 2. The number of nitro groups is 1. The predicted molar refractivity (Wildman–Crippen MR) is 114 cm³/mol. The van der Waals surface area contributed by atoms with E-state index in [0.29, 0.717) is 0 Å². The maximum Gasteiger partial charge on any atom is 0.408 e. The van der Waals surface area contributed by atoms with Gasteiger partial charge in [0, 0.05) is 12.5 Å². The highest BCUT2D eigenvalue weighted by atomic mass is 16.6. The number of benzene rings is 2. The van der Waals surface area contributed by atoms with E-state index in [9.17, 15) is 19.7 Å². The van der Waals surface area contributed by atoms with Gasteiger partial charge in [-0.1, -0.05) is 54.3 Å². The zero-order valence-corrected chi connectivity index (χ0v) is 17.6. The summed E-state index contributed by atoms with van der Waals surface area (Å²) in [6, 6.07) is 14.0. The molecule has 2 rings (SSSR count). The van der Waals surface area contributed by atoms with Gasteiger partial charge in [0.1, 0.15) is 23.8 Å². The Kier molecular flexibility index (Phi) is 8.15. The van der Waals surface area contributed by atoms with E-state index >= 15 is 0 Å². The summed E-state index contributed by atoms with van der Waals surface area (Å²) in [5.74, 6) is 4.71. The van der Waals surface area contributed by atoms with Crippen molar-refractivity contribution in [3.05, 3.63) is 75.8 Å². The van der Waals surface area contributed by atoms with Crippen LogP contribution in [0.1, 0.15) is 38.3 Å². The molecule has 0 radical (unpaired) electrons. The molecule has 1 atom stereocenters. The largest absolute Gasteiger partial charge is 0.459 e. The van der Waals surface area contributed by atoms with Gasteiger partial charge in [0.25, 0.3) is 5.69 Å². The third kappa shape index (κ3) is 8.19. The summed E-state index contributed by atoms with van der Waals surface area (Å²) >= 11 is 0. The van der Waals surface area contributed by atoms with Gasteiger partial charge < -0.3 is 14.8 Å². The fourth-order valence-electron chi connectivity index (χ4n) is 2.46. The summed E-state index contributed by atoms with van der Waals surface area (Å²) in [5.41, 5.74) is 0.108. The first-order chi connectivity index (χ1) is 14.7. The average Bonchev–Trinajstić information content (AvgIpc) is 2.71. The van der Waals surface area contributed by atoms with Crippen LogP contribution in [-0.4, -0.2) is 28.6 Å². The van der Waals surface area contributed by atoms with Crippen molar-refractivity contribution in [1.82, 2.24) is 5.32 Å². The lowest BCUT2D eigenvalue weighted by molar-refractivity contribution is -0.385. The number of rotatable bonds is 6. The zero-order chi connectivity index (χ0) is 22.9. The lowest BCUT2D eigenvalue weighted by Gasteiger charge is -2.22. The van der Waals surface area contributed by atoms with Gasteiger partial charge in [0.05, 0.1) is 4.92 Å². The van der Waals surface area contributed by atoms with Crippen LogP contribution in [0.5, 0.6) is 0 Å². The average molecular weight is 424 g/mol. The van der Waals surface area contributed by atoms with Crippen LogP contribution >= 0.6 is 0 Å². The number of carbonyl (C=O) groups excluding carboxylic acids is 2. The van der Waals surface area contributed by atoms with Gasteiger partial charge in [-0.25, -0.2) is 9.59 Å². The van der Waals surface area contributed by atoms with Crippen LogP contribution in [0, 0.1) is 22.0 Å². The number of amides is 1. The van der Waals surface area contributed by atoms with Crippen LogP contribution in [-0.2, 0) is 20.9 Å². The molecule has 0 aliphatic heterocycles. The van der Waals surface area contributed by atoms with E-state index in [1.54, 1.807) is 39.0 Å². The minimum Gasteiger partial charge on any atom is -0.459 e. The van der Waals surface area contributed by atoms with Gasteiger partial charge >= 0.3 is 12.1 Å². The molecule has 0 saturated heterocycles. The van der Waals surface area contributed by atoms with Crippen molar-refractivity contribution in [1.29, 1.82) is 0 Å². The molecule has 0 aromatic heterocycles. The molecule has 0 saturated carbocycles. The first kappa shape index (κ1) is 23.4. The minimum atomic E-state index is -1.10. The lowest BCUT2D eigenvalue weighted by atomic mass is 10.1. The van der Waals surface area contributed by atoms with E-state index in [0.717, 1.165) is 5.56 Å². The van der Waals surface area contributed by atoms with Crippen LogP contribution in [0.25, 0.3) is 0 Å². The van der Waals surface area contributed by atoms with Crippen LogP contribution in [0.2, 0.25) is 0 Å². The number of hydrogen-bond donors (Lipinski definition) is 1. The van der Waals surface area contributed by atoms with Gasteiger partial charge in [-0.05, 0) is 32.4 Å². The van der Waals surface area contributed by atoms with Gasteiger partial charge in [-0.15, -0.1) is 0 Å². The van der Waals surface area contributed by atoms with Crippen molar-refractivity contribution >= 4 is 17.7 Å². The Balaban J connectivity index is 2.13. The van der Waals surface area contributed by atoms with E-state index in [4.69, 9.17) is 9.47 Å². The number of hydrogen-bond acceptors (Lipinski definition) is 6. The van der Waals surface area contributed by atoms with Gasteiger partial charge in [0.15, 0.2) is 0 Å². The number of alkyl carbamates (subject to hydrolysis) is 1. The topological polar surface area (TPSA) is 108 Å².